The van der Waals surface area contributed by atoms with Crippen LogP contribution in [0.4, 0.5) is 0 Å². The van der Waals surface area contributed by atoms with E-state index in [0.717, 1.165) is 0 Å². The predicted molar refractivity (Wildman–Crippen MR) is 317 cm³/mol. The highest BCUT2D eigenvalue weighted by Crippen LogP contribution is 2.65. The number of hydrogen-bond acceptors (Lipinski definition) is 8. The summed E-state index contributed by atoms with van der Waals surface area (Å²) in [4.78, 5) is 22.9. The number of rotatable bonds is 4. The molecule has 352 valence electrons. The maximum absolute atomic E-state index is 2.49. The first-order valence-electron chi connectivity index (χ1n) is 24.5. The van der Waals surface area contributed by atoms with Crippen LogP contribution in [0.15, 0.2) is 72.8 Å². The van der Waals surface area contributed by atoms with Gasteiger partial charge in [0.15, 0.2) is 0 Å². The highest BCUT2D eigenvalue weighted by atomic mass is 32.1. The van der Waals surface area contributed by atoms with Crippen molar-refractivity contribution in [1.29, 1.82) is 0 Å². The van der Waals surface area contributed by atoms with E-state index in [0.29, 0.717) is 11.8 Å². The number of fused-ring (bicyclic) bond motifs is 12. The maximum atomic E-state index is 2.49. The summed E-state index contributed by atoms with van der Waals surface area (Å²) in [5.41, 5.74) is 24.5. The van der Waals surface area contributed by atoms with Crippen LogP contribution < -0.4 is 0 Å². The lowest BCUT2D eigenvalue weighted by atomic mass is 9.74. The Hall–Kier alpha value is -3.96. The van der Waals surface area contributed by atoms with Gasteiger partial charge in [0.05, 0.1) is 0 Å². The van der Waals surface area contributed by atoms with Gasteiger partial charge in [0.1, 0.15) is 0 Å². The summed E-state index contributed by atoms with van der Waals surface area (Å²) in [6.45, 7) is 33.0. The fourth-order valence-electron chi connectivity index (χ4n) is 13.1. The van der Waals surface area contributed by atoms with Crippen molar-refractivity contribution in [2.45, 2.75) is 120 Å². The van der Waals surface area contributed by atoms with Crippen molar-refractivity contribution >= 4 is 90.7 Å². The van der Waals surface area contributed by atoms with Crippen molar-refractivity contribution in [3.8, 4) is 80.8 Å². The minimum atomic E-state index is 0.00738. The van der Waals surface area contributed by atoms with E-state index < -0.39 is 0 Å². The van der Waals surface area contributed by atoms with Crippen molar-refractivity contribution in [3.63, 3.8) is 0 Å². The average molecular weight is 1060 g/mol. The van der Waals surface area contributed by atoms with E-state index >= 15 is 0 Å². The van der Waals surface area contributed by atoms with Crippen LogP contribution in [0.3, 0.4) is 0 Å². The lowest BCUT2D eigenvalue weighted by Crippen LogP contribution is -2.20. The van der Waals surface area contributed by atoms with E-state index in [1.165, 1.54) is 134 Å². The smallest absolute Gasteiger partial charge is 0.0452 e. The van der Waals surface area contributed by atoms with E-state index in [1.54, 1.807) is 33.4 Å². The van der Waals surface area contributed by atoms with Gasteiger partial charge in [0, 0.05) is 101 Å². The Morgan fingerprint density at radius 1 is 0.329 bits per heavy atom. The second-order valence-corrected chi connectivity index (χ2v) is 30.8. The van der Waals surface area contributed by atoms with E-state index in [2.05, 4.69) is 170 Å². The Kier molecular flexibility index (Phi) is 10.3. The van der Waals surface area contributed by atoms with Crippen molar-refractivity contribution in [2.24, 2.45) is 0 Å². The largest absolute Gasteiger partial charge is 0.140 e. The third-order valence-electron chi connectivity index (χ3n) is 16.3. The van der Waals surface area contributed by atoms with Crippen molar-refractivity contribution in [3.05, 3.63) is 159 Å². The minimum absolute atomic E-state index is 0.00738. The summed E-state index contributed by atoms with van der Waals surface area (Å²) < 4.78 is 0. The molecule has 0 fully saturated rings. The Bertz CT molecular complexity index is 3600. The van der Waals surface area contributed by atoms with Crippen LogP contribution in [0, 0.1) is 55.4 Å². The number of benzene rings is 2. The fourth-order valence-corrected chi connectivity index (χ4v) is 22.5. The van der Waals surface area contributed by atoms with Gasteiger partial charge in [0.2, 0.25) is 0 Å². The number of aryl methyl sites for hydroxylation is 4. The molecule has 4 aliphatic rings. The maximum Gasteiger partial charge on any atom is 0.0452 e. The van der Waals surface area contributed by atoms with Gasteiger partial charge in [-0.25, -0.2) is 0 Å². The molecule has 2 atom stereocenters. The molecule has 14 rings (SSSR count). The van der Waals surface area contributed by atoms with Gasteiger partial charge < -0.3 is 0 Å². The molecule has 2 unspecified atom stereocenters. The van der Waals surface area contributed by atoms with E-state index in [9.17, 15) is 0 Å². The Morgan fingerprint density at radius 3 is 0.929 bits per heavy atom. The normalized spacial score (nSPS) is 16.9. The minimum Gasteiger partial charge on any atom is -0.140 e. The molecule has 8 aromatic heterocycles. The molecule has 0 spiro atoms. The van der Waals surface area contributed by atoms with Crippen LogP contribution in [-0.2, 0) is 10.8 Å². The number of hydrogen-bond donors (Lipinski definition) is 0. The van der Waals surface area contributed by atoms with Gasteiger partial charge in [-0.3, -0.25) is 0 Å². The Morgan fingerprint density at radius 2 is 0.629 bits per heavy atom. The molecule has 4 aliphatic carbocycles. The summed E-state index contributed by atoms with van der Waals surface area (Å²) >= 11 is 15.7. The molecule has 10 aromatic rings. The molecule has 0 saturated carbocycles. The molecular weight excluding hydrogens is 1000 g/mol. The van der Waals surface area contributed by atoms with Gasteiger partial charge in [-0.15, -0.1) is 90.7 Å². The summed E-state index contributed by atoms with van der Waals surface area (Å²) in [6.07, 6.45) is 0. The Labute approximate surface area is 446 Å². The molecule has 0 amide bonds. The van der Waals surface area contributed by atoms with Gasteiger partial charge >= 0.3 is 0 Å². The van der Waals surface area contributed by atoms with Gasteiger partial charge in [-0.05, 0) is 217 Å². The molecule has 0 N–H and O–H groups in total. The highest BCUT2D eigenvalue weighted by molar-refractivity contribution is 7.26. The van der Waals surface area contributed by atoms with Gasteiger partial charge in [-0.2, -0.15) is 0 Å². The molecule has 0 aliphatic heterocycles. The van der Waals surface area contributed by atoms with Crippen LogP contribution in [-0.4, -0.2) is 0 Å². The molecule has 8 heteroatoms. The third-order valence-corrected chi connectivity index (χ3v) is 25.7. The van der Waals surface area contributed by atoms with E-state index in [4.69, 9.17) is 0 Å². The monoisotopic (exact) mass is 1060 g/mol. The summed E-state index contributed by atoms with van der Waals surface area (Å²) in [7, 11) is 0. The molecule has 0 nitrogen and oxygen atoms in total. The molecule has 8 heterocycles. The topological polar surface area (TPSA) is 0 Å². The van der Waals surface area contributed by atoms with E-state index in [1.807, 2.05) is 90.7 Å². The second-order valence-electron chi connectivity index (χ2n) is 21.4. The van der Waals surface area contributed by atoms with Crippen LogP contribution in [0.5, 0.6) is 0 Å². The zero-order chi connectivity index (χ0) is 48.8. The van der Waals surface area contributed by atoms with Gasteiger partial charge in [-0.1, -0.05) is 41.5 Å². The van der Waals surface area contributed by atoms with Crippen LogP contribution in [0.25, 0.3) is 80.8 Å². The molecule has 0 radical (unpaired) electrons. The van der Waals surface area contributed by atoms with Crippen molar-refractivity contribution in [1.82, 2.24) is 0 Å². The van der Waals surface area contributed by atoms with Crippen LogP contribution in [0.1, 0.15) is 140 Å². The Balaban J connectivity index is 0.000000137. The zero-order valence-corrected chi connectivity index (χ0v) is 48.9. The lowest BCUT2D eigenvalue weighted by molar-refractivity contribution is 0.646. The average Bonchev–Trinajstić information content (AvgIpc) is 4.14. The number of thiophene rings is 8. The van der Waals surface area contributed by atoms with Crippen molar-refractivity contribution < 1.29 is 0 Å². The molecule has 0 saturated heterocycles. The predicted octanol–water partition coefficient (Wildman–Crippen LogP) is 21.9. The van der Waals surface area contributed by atoms with Crippen molar-refractivity contribution in [2.75, 3.05) is 0 Å². The quantitative estimate of drug-likeness (QED) is 0.165. The molecule has 0 bridgehead atoms. The summed E-state index contributed by atoms with van der Waals surface area (Å²) in [5, 5.41) is 0. The standard InChI is InChI=1S/C32H30S4.C30H26S4/c1-15-9-11-21(33-15)23-13-19-29(35-23)25-17(3)28-26(18(4)27(25)31(19,5)6)30-20(32(28,7)8)14-24(36-30)22-12-10-16(2)34-22;1-13-7-9-21(31-13)23-11-19-15(3)25-18(6)28-26(17(5)27(25)29(19)33-23)16(4)20-12-24(34-30(20)28)22-10-8-14(2)32-22/h9-14H,1-8H3;7-12,15-16H,1-6H3. The summed E-state index contributed by atoms with van der Waals surface area (Å²) in [6, 6.07) is 28.1. The summed E-state index contributed by atoms with van der Waals surface area (Å²) in [5.74, 6) is 0.914. The first-order valence-corrected chi connectivity index (χ1v) is 31.1. The lowest BCUT2D eigenvalue weighted by Gasteiger charge is -2.29. The molecule has 2 aromatic carbocycles. The fraction of sp³-hybridized carbons (Fsp3) is 0.290. The van der Waals surface area contributed by atoms with Gasteiger partial charge in [0.25, 0.3) is 0 Å². The second kappa shape index (κ2) is 15.8. The highest BCUT2D eigenvalue weighted by Gasteiger charge is 2.47. The van der Waals surface area contributed by atoms with Crippen LogP contribution >= 0.6 is 90.7 Å². The third kappa shape index (κ3) is 6.36. The molecular formula is C62H56S8. The molecule has 70 heavy (non-hydrogen) atoms. The first kappa shape index (κ1) is 45.9. The zero-order valence-electron chi connectivity index (χ0n) is 42.3. The van der Waals surface area contributed by atoms with Crippen LogP contribution in [0.2, 0.25) is 0 Å². The SMILES string of the molecule is Cc1ccc(-c2cc3c(s2)-c2c(C)c4c(c(C)c2C3(C)C)-c2sc(-c3ccc(C)s3)cc2C4(C)C)s1.Cc1ccc(-c2cc3c(s2)-c2c(C)c4c(c(C)c2C3C)-c2sc(-c3ccc(C)s3)cc2C4C)s1. The first-order chi connectivity index (χ1) is 33.3. The van der Waals surface area contributed by atoms with E-state index in [-0.39, 0.29) is 10.8 Å².